The maximum absolute atomic E-state index is 14.3. The van der Waals surface area contributed by atoms with Gasteiger partial charge < -0.3 is 19.7 Å². The van der Waals surface area contributed by atoms with Crippen LogP contribution in [0.25, 0.3) is 0 Å². The fraction of sp³-hybridized carbons (Fsp3) is 0.394. The maximum Gasteiger partial charge on any atom is 0.264 e. The Morgan fingerprint density at radius 1 is 0.889 bits per heavy atom. The number of methoxy groups -OCH3 is 2. The van der Waals surface area contributed by atoms with Crippen LogP contribution < -0.4 is 19.1 Å². The Hall–Kier alpha value is -3.47. The summed E-state index contributed by atoms with van der Waals surface area (Å²) < 4.78 is 40.4. The summed E-state index contributed by atoms with van der Waals surface area (Å²) in [5.74, 6) is -0.304. The normalized spacial score (nSPS) is 11.9. The zero-order valence-corrected chi connectivity index (χ0v) is 28.9. The molecule has 1 N–H and O–H groups in total. The molecule has 0 aliphatic heterocycles. The van der Waals surface area contributed by atoms with Gasteiger partial charge in [0.1, 0.15) is 12.6 Å². The van der Waals surface area contributed by atoms with Gasteiger partial charge in [-0.15, -0.1) is 0 Å². The van der Waals surface area contributed by atoms with E-state index < -0.39 is 28.5 Å². The molecule has 244 valence electrons. The average Bonchev–Trinajstić information content (AvgIpc) is 3.00. The zero-order valence-electron chi connectivity index (χ0n) is 26.5. The highest BCUT2D eigenvalue weighted by Gasteiger charge is 2.34. The second-order valence-electron chi connectivity index (χ2n) is 10.7. The van der Waals surface area contributed by atoms with Gasteiger partial charge in [0.05, 0.1) is 34.8 Å². The number of ether oxygens (including phenoxy) is 2. The lowest BCUT2D eigenvalue weighted by Crippen LogP contribution is -2.52. The van der Waals surface area contributed by atoms with E-state index in [4.69, 9.17) is 32.7 Å². The summed E-state index contributed by atoms with van der Waals surface area (Å²) in [4.78, 5) is 29.0. The van der Waals surface area contributed by atoms with Crippen LogP contribution >= 0.6 is 23.2 Å². The minimum absolute atomic E-state index is 0.00647. The van der Waals surface area contributed by atoms with Crippen LogP contribution in [-0.2, 0) is 26.2 Å². The van der Waals surface area contributed by atoms with Gasteiger partial charge in [0, 0.05) is 19.2 Å². The van der Waals surface area contributed by atoms with Crippen LogP contribution in [-0.4, -0.2) is 58.5 Å². The number of sulfonamides is 1. The van der Waals surface area contributed by atoms with E-state index in [2.05, 4.69) is 5.32 Å². The summed E-state index contributed by atoms with van der Waals surface area (Å²) in [7, 11) is -1.45. The van der Waals surface area contributed by atoms with E-state index in [1.54, 1.807) is 37.3 Å². The molecule has 0 saturated carbocycles. The van der Waals surface area contributed by atoms with Crippen molar-refractivity contribution in [2.45, 2.75) is 64.4 Å². The molecule has 0 saturated heterocycles. The summed E-state index contributed by atoms with van der Waals surface area (Å²) >= 11 is 12.4. The predicted octanol–water partition coefficient (Wildman–Crippen LogP) is 6.55. The number of hydrogen-bond acceptors (Lipinski definition) is 6. The van der Waals surface area contributed by atoms with Crippen molar-refractivity contribution in [3.63, 3.8) is 0 Å². The van der Waals surface area contributed by atoms with E-state index in [1.165, 1.54) is 37.3 Å². The van der Waals surface area contributed by atoms with Crippen LogP contribution in [0.3, 0.4) is 0 Å². The van der Waals surface area contributed by atoms with Crippen LogP contribution in [0.15, 0.2) is 59.5 Å². The van der Waals surface area contributed by atoms with Crippen molar-refractivity contribution in [1.82, 2.24) is 10.2 Å². The van der Waals surface area contributed by atoms with E-state index in [1.807, 2.05) is 26.8 Å². The molecule has 0 aliphatic rings. The lowest BCUT2D eigenvalue weighted by atomic mass is 10.1. The van der Waals surface area contributed by atoms with Gasteiger partial charge in [-0.25, -0.2) is 8.42 Å². The third-order valence-electron chi connectivity index (χ3n) is 7.27. The van der Waals surface area contributed by atoms with Gasteiger partial charge in [0.25, 0.3) is 10.0 Å². The highest BCUT2D eigenvalue weighted by Crippen LogP contribution is 2.33. The van der Waals surface area contributed by atoms with Crippen molar-refractivity contribution in [3.05, 3.63) is 81.3 Å². The Morgan fingerprint density at radius 3 is 2.13 bits per heavy atom. The molecule has 0 spiro atoms. The fourth-order valence-electron chi connectivity index (χ4n) is 4.99. The van der Waals surface area contributed by atoms with Crippen molar-refractivity contribution in [2.24, 2.45) is 0 Å². The molecule has 3 aromatic carbocycles. The lowest BCUT2D eigenvalue weighted by Gasteiger charge is -2.33. The third-order valence-corrected chi connectivity index (χ3v) is 9.78. The highest BCUT2D eigenvalue weighted by molar-refractivity contribution is 7.92. The SMILES string of the molecule is CCCCNC(=O)[C@H](CC)N(Cc1ccc(Cl)c(Cl)c1)C(=O)CN(c1cc(C)cc(C)c1)S(=O)(=O)c1ccc(OC)c(OC)c1. The molecule has 0 bridgehead atoms. The van der Waals surface area contributed by atoms with E-state index in [-0.39, 0.29) is 23.1 Å². The van der Waals surface area contributed by atoms with Gasteiger partial charge in [-0.1, -0.05) is 55.6 Å². The lowest BCUT2D eigenvalue weighted by molar-refractivity contribution is -0.140. The number of nitrogens with zero attached hydrogens (tertiary/aromatic N) is 2. The molecule has 0 unspecified atom stereocenters. The van der Waals surface area contributed by atoms with Gasteiger partial charge in [-0.2, -0.15) is 0 Å². The number of halogens is 2. The molecule has 0 radical (unpaired) electrons. The number of carbonyl (C=O) groups excluding carboxylic acids is 2. The highest BCUT2D eigenvalue weighted by atomic mass is 35.5. The molecule has 3 aromatic rings. The Bertz CT molecular complexity index is 1600. The van der Waals surface area contributed by atoms with Gasteiger partial charge in [-0.3, -0.25) is 13.9 Å². The third kappa shape index (κ3) is 9.05. The zero-order chi connectivity index (χ0) is 33.3. The minimum atomic E-state index is -4.32. The van der Waals surface area contributed by atoms with Gasteiger partial charge >= 0.3 is 0 Å². The molecular formula is C33H41Cl2N3O6S. The molecule has 12 heteroatoms. The molecule has 0 heterocycles. The van der Waals surface area contributed by atoms with Crippen LogP contribution in [0.2, 0.25) is 10.0 Å². The van der Waals surface area contributed by atoms with Crippen LogP contribution in [0.5, 0.6) is 11.5 Å². The number of anilines is 1. The molecule has 0 aliphatic carbocycles. The molecule has 3 rings (SSSR count). The van der Waals surface area contributed by atoms with Crippen molar-refractivity contribution in [1.29, 1.82) is 0 Å². The fourth-order valence-corrected chi connectivity index (χ4v) is 6.72. The number of rotatable bonds is 15. The second kappa shape index (κ2) is 16.2. The van der Waals surface area contributed by atoms with Crippen molar-refractivity contribution < 1.29 is 27.5 Å². The van der Waals surface area contributed by atoms with Crippen molar-refractivity contribution >= 4 is 50.7 Å². The Labute approximate surface area is 276 Å². The average molecular weight is 679 g/mol. The molecule has 45 heavy (non-hydrogen) atoms. The number of unbranched alkanes of at least 4 members (excludes halogenated alkanes) is 1. The monoisotopic (exact) mass is 677 g/mol. The second-order valence-corrected chi connectivity index (χ2v) is 13.4. The Balaban J connectivity index is 2.13. The van der Waals surface area contributed by atoms with Crippen LogP contribution in [0, 0.1) is 13.8 Å². The first-order valence-corrected chi connectivity index (χ1v) is 16.9. The van der Waals surface area contributed by atoms with Crippen molar-refractivity contribution in [2.75, 3.05) is 31.6 Å². The summed E-state index contributed by atoms with van der Waals surface area (Å²) in [6.07, 6.45) is 1.98. The van der Waals surface area contributed by atoms with Gasteiger partial charge in [0.15, 0.2) is 11.5 Å². The Morgan fingerprint density at radius 2 is 1.56 bits per heavy atom. The van der Waals surface area contributed by atoms with Crippen molar-refractivity contribution in [3.8, 4) is 11.5 Å². The number of benzene rings is 3. The minimum Gasteiger partial charge on any atom is -0.493 e. The smallest absolute Gasteiger partial charge is 0.264 e. The summed E-state index contributed by atoms with van der Waals surface area (Å²) in [5, 5.41) is 3.57. The first-order valence-electron chi connectivity index (χ1n) is 14.7. The molecule has 0 fully saturated rings. The number of nitrogens with one attached hydrogen (secondary N) is 1. The molecular weight excluding hydrogens is 637 g/mol. The van der Waals surface area contributed by atoms with E-state index in [0.717, 1.165) is 28.3 Å². The van der Waals surface area contributed by atoms with E-state index in [0.29, 0.717) is 40.0 Å². The van der Waals surface area contributed by atoms with E-state index in [9.17, 15) is 18.0 Å². The van der Waals surface area contributed by atoms with Crippen LogP contribution in [0.4, 0.5) is 5.69 Å². The quantitative estimate of drug-likeness (QED) is 0.183. The molecule has 9 nitrogen and oxygen atoms in total. The Kier molecular flexibility index (Phi) is 13.0. The number of amides is 2. The predicted molar refractivity (Wildman–Crippen MR) is 179 cm³/mol. The number of hydrogen-bond donors (Lipinski definition) is 1. The summed E-state index contributed by atoms with van der Waals surface area (Å²) in [5.41, 5.74) is 2.59. The number of aryl methyl sites for hydroxylation is 2. The number of carbonyl (C=O) groups is 2. The molecule has 1 atom stereocenters. The van der Waals surface area contributed by atoms with Crippen LogP contribution in [0.1, 0.15) is 49.8 Å². The summed E-state index contributed by atoms with van der Waals surface area (Å²) in [6, 6.07) is 13.7. The van der Waals surface area contributed by atoms with Gasteiger partial charge in [0.2, 0.25) is 11.8 Å². The largest absolute Gasteiger partial charge is 0.493 e. The first-order chi connectivity index (χ1) is 21.4. The van der Waals surface area contributed by atoms with Gasteiger partial charge in [-0.05, 0) is 79.8 Å². The maximum atomic E-state index is 14.3. The topological polar surface area (TPSA) is 105 Å². The molecule has 0 aromatic heterocycles. The standard InChI is InChI=1S/C33H41Cl2N3O6S/c1-7-9-14-36-33(40)29(8-2)37(20-24-10-12-27(34)28(35)18-24)32(39)21-38(25-16-22(3)15-23(4)17-25)45(41,42)26-11-13-30(43-5)31(19-26)44-6/h10-13,15-19,29H,7-9,14,20-21H2,1-6H3,(H,36,40)/t29-/m0/s1. The summed E-state index contributed by atoms with van der Waals surface area (Å²) in [6.45, 7) is 7.42. The molecule has 2 amide bonds. The van der Waals surface area contributed by atoms with E-state index >= 15 is 0 Å². The first kappa shape index (κ1) is 36.0.